The Morgan fingerprint density at radius 3 is 2.38 bits per heavy atom. The molecule has 0 unspecified atom stereocenters. The van der Waals surface area contributed by atoms with Gasteiger partial charge in [-0.25, -0.2) is 13.8 Å². The maximum Gasteiger partial charge on any atom is 0.271 e. The fraction of sp³-hybridized carbons (Fsp3) is 0.125. The van der Waals surface area contributed by atoms with E-state index < -0.39 is 15.9 Å². The standard InChI is InChI=1S/C16H16ClN3O3S/c1-20(24(2,22)23)14-9-7-12(8-10-14)16(21)19-18-11-13-5-3-4-6-15(13)17/h3-11H,1-2H3,(H,19,21)/b18-11-. The number of rotatable bonds is 5. The van der Waals surface area contributed by atoms with Gasteiger partial charge in [0.05, 0.1) is 18.2 Å². The maximum atomic E-state index is 12.0. The number of sulfonamides is 1. The highest BCUT2D eigenvalue weighted by molar-refractivity contribution is 7.92. The minimum atomic E-state index is -3.34. The normalized spacial score (nSPS) is 11.5. The van der Waals surface area contributed by atoms with Crippen LogP contribution in [0.25, 0.3) is 0 Å². The first kappa shape index (κ1) is 18.0. The predicted octanol–water partition coefficient (Wildman–Crippen LogP) is 2.50. The zero-order valence-corrected chi connectivity index (χ0v) is 14.7. The third-order valence-corrected chi connectivity index (χ3v) is 4.82. The third kappa shape index (κ3) is 4.56. The molecular formula is C16H16ClN3O3S. The Kier molecular flexibility index (Phi) is 5.58. The van der Waals surface area contributed by atoms with Crippen LogP contribution in [0, 0.1) is 0 Å². The van der Waals surface area contributed by atoms with Gasteiger partial charge in [-0.15, -0.1) is 0 Å². The van der Waals surface area contributed by atoms with Crippen molar-refractivity contribution in [1.82, 2.24) is 5.43 Å². The number of hydrogen-bond donors (Lipinski definition) is 1. The van der Waals surface area contributed by atoms with Crippen LogP contribution in [0.5, 0.6) is 0 Å². The van der Waals surface area contributed by atoms with E-state index >= 15 is 0 Å². The van der Waals surface area contributed by atoms with E-state index in [1.807, 2.05) is 6.07 Å². The molecule has 126 valence electrons. The third-order valence-electron chi connectivity index (χ3n) is 3.27. The highest BCUT2D eigenvalue weighted by atomic mass is 35.5. The van der Waals surface area contributed by atoms with Gasteiger partial charge in [-0.1, -0.05) is 29.8 Å². The van der Waals surface area contributed by atoms with Crippen molar-refractivity contribution in [3.63, 3.8) is 0 Å². The van der Waals surface area contributed by atoms with Crippen molar-refractivity contribution < 1.29 is 13.2 Å². The smallest absolute Gasteiger partial charge is 0.271 e. The molecular weight excluding hydrogens is 350 g/mol. The number of amides is 1. The molecule has 0 heterocycles. The molecule has 0 aliphatic carbocycles. The summed E-state index contributed by atoms with van der Waals surface area (Å²) >= 11 is 5.98. The van der Waals surface area contributed by atoms with Gasteiger partial charge in [0.1, 0.15) is 0 Å². The first-order chi connectivity index (χ1) is 11.3. The summed E-state index contributed by atoms with van der Waals surface area (Å²) in [6.07, 6.45) is 2.56. The van der Waals surface area contributed by atoms with E-state index in [2.05, 4.69) is 10.5 Å². The Hall–Kier alpha value is -2.38. The van der Waals surface area contributed by atoms with Crippen molar-refractivity contribution in [1.29, 1.82) is 0 Å². The topological polar surface area (TPSA) is 78.8 Å². The highest BCUT2D eigenvalue weighted by Crippen LogP contribution is 2.16. The number of benzene rings is 2. The van der Waals surface area contributed by atoms with Gasteiger partial charge < -0.3 is 0 Å². The van der Waals surface area contributed by atoms with Gasteiger partial charge in [-0.2, -0.15) is 5.10 Å². The van der Waals surface area contributed by atoms with Crippen molar-refractivity contribution >= 4 is 39.4 Å². The molecule has 0 spiro atoms. The molecule has 6 nitrogen and oxygen atoms in total. The number of nitrogens with one attached hydrogen (secondary N) is 1. The number of halogens is 1. The summed E-state index contributed by atoms with van der Waals surface area (Å²) in [5, 5.41) is 4.39. The van der Waals surface area contributed by atoms with Crippen molar-refractivity contribution in [2.45, 2.75) is 0 Å². The van der Waals surface area contributed by atoms with Gasteiger partial charge in [0.15, 0.2) is 0 Å². The fourth-order valence-corrected chi connectivity index (χ4v) is 2.51. The lowest BCUT2D eigenvalue weighted by atomic mass is 10.2. The summed E-state index contributed by atoms with van der Waals surface area (Å²) in [7, 11) is -1.90. The molecule has 0 saturated carbocycles. The average Bonchev–Trinajstić information content (AvgIpc) is 2.55. The summed E-state index contributed by atoms with van der Waals surface area (Å²) in [6, 6.07) is 13.3. The first-order valence-electron chi connectivity index (χ1n) is 6.91. The zero-order chi connectivity index (χ0) is 17.7. The molecule has 0 radical (unpaired) electrons. The molecule has 0 atom stereocenters. The lowest BCUT2D eigenvalue weighted by molar-refractivity contribution is 0.0955. The Morgan fingerprint density at radius 2 is 1.79 bits per heavy atom. The second-order valence-corrected chi connectivity index (χ2v) is 7.42. The Balaban J connectivity index is 2.04. The predicted molar refractivity (Wildman–Crippen MR) is 96.2 cm³/mol. The SMILES string of the molecule is CN(c1ccc(C(=O)N/N=C\c2ccccc2Cl)cc1)S(C)(=O)=O. The minimum absolute atomic E-state index is 0.358. The van der Waals surface area contributed by atoms with Crippen molar-refractivity contribution in [3.8, 4) is 0 Å². The summed E-state index contributed by atoms with van der Waals surface area (Å²) in [5.41, 5.74) is 3.90. The second-order valence-electron chi connectivity index (χ2n) is 5.00. The van der Waals surface area contributed by atoms with Crippen LogP contribution in [-0.2, 0) is 10.0 Å². The number of anilines is 1. The fourth-order valence-electron chi connectivity index (χ4n) is 1.82. The molecule has 0 saturated heterocycles. The van der Waals surface area contributed by atoms with E-state index in [-0.39, 0.29) is 0 Å². The van der Waals surface area contributed by atoms with Crippen LogP contribution >= 0.6 is 11.6 Å². The zero-order valence-electron chi connectivity index (χ0n) is 13.1. The minimum Gasteiger partial charge on any atom is -0.274 e. The molecule has 1 N–H and O–H groups in total. The molecule has 0 bridgehead atoms. The molecule has 2 rings (SSSR count). The van der Waals surface area contributed by atoms with Gasteiger partial charge in [0.25, 0.3) is 5.91 Å². The molecule has 2 aromatic rings. The van der Waals surface area contributed by atoms with E-state index in [0.717, 1.165) is 10.6 Å². The molecule has 0 aliphatic heterocycles. The van der Waals surface area contributed by atoms with Crippen LogP contribution < -0.4 is 9.73 Å². The number of nitrogens with zero attached hydrogens (tertiary/aromatic N) is 2. The van der Waals surface area contributed by atoms with Gasteiger partial charge in [0, 0.05) is 23.2 Å². The Bertz CT molecular complexity index is 864. The number of hydrogen-bond acceptors (Lipinski definition) is 4. The average molecular weight is 366 g/mol. The van der Waals surface area contributed by atoms with E-state index in [1.165, 1.54) is 25.4 Å². The molecule has 0 aliphatic rings. The van der Waals surface area contributed by atoms with E-state index in [1.54, 1.807) is 30.3 Å². The first-order valence-corrected chi connectivity index (χ1v) is 9.13. The lowest BCUT2D eigenvalue weighted by Crippen LogP contribution is -2.25. The molecule has 24 heavy (non-hydrogen) atoms. The summed E-state index contributed by atoms with van der Waals surface area (Å²) in [6.45, 7) is 0. The van der Waals surface area contributed by atoms with Crippen molar-refractivity contribution in [3.05, 3.63) is 64.7 Å². The van der Waals surface area contributed by atoms with Crippen LogP contribution in [0.2, 0.25) is 5.02 Å². The van der Waals surface area contributed by atoms with E-state index in [9.17, 15) is 13.2 Å². The van der Waals surface area contributed by atoms with Gasteiger partial charge in [-0.05, 0) is 30.3 Å². The van der Waals surface area contributed by atoms with Crippen LogP contribution in [0.1, 0.15) is 15.9 Å². The van der Waals surface area contributed by atoms with Crippen LogP contribution in [0.3, 0.4) is 0 Å². The van der Waals surface area contributed by atoms with Crippen molar-refractivity contribution in [2.75, 3.05) is 17.6 Å². The van der Waals surface area contributed by atoms with E-state index in [4.69, 9.17) is 11.6 Å². The molecule has 8 heteroatoms. The molecule has 0 aromatic heterocycles. The maximum absolute atomic E-state index is 12.0. The lowest BCUT2D eigenvalue weighted by Gasteiger charge is -2.16. The summed E-state index contributed by atoms with van der Waals surface area (Å²) in [5.74, 6) is -0.410. The molecule has 2 aromatic carbocycles. The van der Waals surface area contributed by atoms with Crippen LogP contribution in [0.15, 0.2) is 53.6 Å². The molecule has 1 amide bonds. The number of carbonyl (C=O) groups excluding carboxylic acids is 1. The Morgan fingerprint density at radius 1 is 1.17 bits per heavy atom. The monoisotopic (exact) mass is 365 g/mol. The van der Waals surface area contributed by atoms with Gasteiger partial charge >= 0.3 is 0 Å². The highest BCUT2D eigenvalue weighted by Gasteiger charge is 2.12. The van der Waals surface area contributed by atoms with Crippen molar-refractivity contribution in [2.24, 2.45) is 5.10 Å². The van der Waals surface area contributed by atoms with Gasteiger partial charge in [-0.3, -0.25) is 9.10 Å². The summed E-state index contributed by atoms with van der Waals surface area (Å²) < 4.78 is 24.1. The van der Waals surface area contributed by atoms with Crippen LogP contribution in [0.4, 0.5) is 5.69 Å². The summed E-state index contributed by atoms with van der Waals surface area (Å²) in [4.78, 5) is 12.0. The Labute approximate surface area is 145 Å². The second kappa shape index (κ2) is 7.46. The van der Waals surface area contributed by atoms with Gasteiger partial charge in [0.2, 0.25) is 10.0 Å². The molecule has 0 fully saturated rings. The van der Waals surface area contributed by atoms with E-state index in [0.29, 0.717) is 21.8 Å². The van der Waals surface area contributed by atoms with Crippen LogP contribution in [-0.4, -0.2) is 33.8 Å². The quantitative estimate of drug-likeness (QED) is 0.653. The largest absolute Gasteiger partial charge is 0.274 e. The number of carbonyl (C=O) groups is 1. The number of hydrazone groups is 1.